The third-order valence-electron chi connectivity index (χ3n) is 0.744. The molecule has 0 saturated carbocycles. The summed E-state index contributed by atoms with van der Waals surface area (Å²) >= 11 is -1.29. The Balaban J connectivity index is 3.21. The first-order valence-corrected chi connectivity index (χ1v) is 11.7. The van der Waals surface area contributed by atoms with E-state index in [2.05, 4.69) is 24.9 Å². The van der Waals surface area contributed by atoms with Crippen LogP contribution in [0.15, 0.2) is 20.4 Å². The molecular weight excluding hydrogens is 264 g/mol. The van der Waals surface area contributed by atoms with Crippen LogP contribution < -0.4 is 0 Å². The molecule has 0 aromatic carbocycles. The van der Waals surface area contributed by atoms with Gasteiger partial charge in [-0.3, -0.25) is 0 Å². The SMILES string of the molecule is C=[CH][Tl]([CH3])[CH]=C. The van der Waals surface area contributed by atoms with E-state index in [1.54, 1.807) is 0 Å². The van der Waals surface area contributed by atoms with E-state index in [-0.39, 0.29) is 0 Å². The summed E-state index contributed by atoms with van der Waals surface area (Å²) < 4.78 is 6.42. The molecule has 0 nitrogen and oxygen atoms in total. The van der Waals surface area contributed by atoms with Crippen LogP contribution in [0.4, 0.5) is 0 Å². The average Bonchev–Trinajstić information content (AvgIpc) is 1.65. The maximum atomic E-state index is 3.66. The van der Waals surface area contributed by atoms with Gasteiger partial charge in [-0.15, -0.1) is 0 Å². The van der Waals surface area contributed by atoms with E-state index in [0.29, 0.717) is 0 Å². The van der Waals surface area contributed by atoms with Gasteiger partial charge in [-0.2, -0.15) is 0 Å². The summed E-state index contributed by atoms with van der Waals surface area (Å²) in [5.74, 6) is 0. The van der Waals surface area contributed by atoms with Gasteiger partial charge in [0.15, 0.2) is 0 Å². The third-order valence-corrected chi connectivity index (χ3v) is 6.52. The van der Waals surface area contributed by atoms with Crippen LogP contribution in [0.25, 0.3) is 0 Å². The molecule has 0 aliphatic carbocycles. The summed E-state index contributed by atoms with van der Waals surface area (Å²) in [7, 11) is 0. The molecule has 0 fully saturated rings. The van der Waals surface area contributed by atoms with Gasteiger partial charge in [0.05, 0.1) is 0 Å². The fourth-order valence-corrected chi connectivity index (χ4v) is 0.844. The molecule has 6 heavy (non-hydrogen) atoms. The molecule has 0 atom stereocenters. The normalized spacial score (nSPS) is 6.83. The molecule has 0 aromatic heterocycles. The van der Waals surface area contributed by atoms with E-state index < -0.39 is 22.7 Å². The van der Waals surface area contributed by atoms with Crippen molar-refractivity contribution < 1.29 is 0 Å². The van der Waals surface area contributed by atoms with Crippen LogP contribution in [0.1, 0.15) is 0 Å². The molecule has 0 spiro atoms. The molecule has 0 heterocycles. The van der Waals surface area contributed by atoms with E-state index in [4.69, 9.17) is 0 Å². The van der Waals surface area contributed by atoms with E-state index in [1.807, 2.05) is 0 Å². The third kappa shape index (κ3) is 2.63. The van der Waals surface area contributed by atoms with Crippen molar-refractivity contribution in [2.75, 3.05) is 0 Å². The second kappa shape index (κ2) is 3.59. The van der Waals surface area contributed by atoms with Gasteiger partial charge in [-0.05, 0) is 0 Å². The molecule has 32 valence electrons. The van der Waals surface area contributed by atoms with Crippen LogP contribution in [0, 0.1) is 0 Å². The van der Waals surface area contributed by atoms with Gasteiger partial charge in [-0.25, -0.2) is 0 Å². The molecule has 0 unspecified atom stereocenters. The second-order valence-corrected chi connectivity index (χ2v) is 11.7. The van der Waals surface area contributed by atoms with Crippen LogP contribution in [0.3, 0.4) is 0 Å². The quantitative estimate of drug-likeness (QED) is 0.670. The molecular formula is C5H9Tl. The van der Waals surface area contributed by atoms with Crippen LogP contribution in [-0.4, -0.2) is 22.7 Å². The topological polar surface area (TPSA) is 0 Å². The molecule has 0 rings (SSSR count). The van der Waals surface area contributed by atoms with Crippen molar-refractivity contribution in [3.05, 3.63) is 20.4 Å². The van der Waals surface area contributed by atoms with Gasteiger partial charge in [0, 0.05) is 0 Å². The Bertz CT molecular complexity index is 49.0. The summed E-state index contributed by atoms with van der Waals surface area (Å²) in [5.41, 5.74) is 0. The van der Waals surface area contributed by atoms with E-state index in [9.17, 15) is 0 Å². The van der Waals surface area contributed by atoms with Crippen molar-refractivity contribution in [3.63, 3.8) is 0 Å². The average molecular weight is 274 g/mol. The Kier molecular flexibility index (Phi) is 3.83. The van der Waals surface area contributed by atoms with Crippen molar-refractivity contribution in [2.45, 2.75) is 4.48 Å². The van der Waals surface area contributed by atoms with Crippen molar-refractivity contribution in [3.8, 4) is 0 Å². The van der Waals surface area contributed by atoms with Crippen molar-refractivity contribution in [1.29, 1.82) is 0 Å². The first-order chi connectivity index (χ1) is 2.81. The first kappa shape index (κ1) is 6.40. The summed E-state index contributed by atoms with van der Waals surface area (Å²) in [6, 6.07) is 0. The Hall–Kier alpha value is 0.402. The van der Waals surface area contributed by atoms with Crippen LogP contribution in [0.5, 0.6) is 0 Å². The zero-order valence-electron chi connectivity index (χ0n) is 4.15. The minimum absolute atomic E-state index is 1.29. The summed E-state index contributed by atoms with van der Waals surface area (Å²) in [4.78, 5) is 0. The Labute approximate surface area is 47.7 Å². The van der Waals surface area contributed by atoms with Gasteiger partial charge >= 0.3 is 47.6 Å². The fourth-order valence-electron chi connectivity index (χ4n) is 0.0962. The van der Waals surface area contributed by atoms with Crippen LogP contribution in [-0.2, 0) is 0 Å². The molecule has 0 saturated heterocycles. The zero-order chi connectivity index (χ0) is 4.99. The molecule has 0 aromatic rings. The van der Waals surface area contributed by atoms with Gasteiger partial charge in [0.25, 0.3) is 0 Å². The van der Waals surface area contributed by atoms with E-state index in [0.717, 1.165) is 0 Å². The molecule has 1 heteroatoms. The Morgan fingerprint density at radius 2 is 1.67 bits per heavy atom. The summed E-state index contributed by atoms with van der Waals surface area (Å²) in [5, 5.41) is 0. The summed E-state index contributed by atoms with van der Waals surface area (Å²) in [6.45, 7) is 7.32. The molecule has 0 bridgehead atoms. The zero-order valence-corrected chi connectivity index (χ0v) is 8.64. The molecule has 0 N–H and O–H groups in total. The van der Waals surface area contributed by atoms with Crippen LogP contribution >= 0.6 is 0 Å². The minimum atomic E-state index is -1.29. The molecule has 0 aliphatic rings. The van der Waals surface area contributed by atoms with Crippen molar-refractivity contribution in [2.24, 2.45) is 0 Å². The van der Waals surface area contributed by atoms with Gasteiger partial charge in [-0.1, -0.05) is 0 Å². The monoisotopic (exact) mass is 274 g/mol. The van der Waals surface area contributed by atoms with Crippen LogP contribution in [0.2, 0.25) is 4.48 Å². The van der Waals surface area contributed by atoms with Crippen molar-refractivity contribution in [1.82, 2.24) is 0 Å². The Morgan fingerprint density at radius 1 is 1.33 bits per heavy atom. The van der Waals surface area contributed by atoms with Crippen molar-refractivity contribution >= 4 is 22.7 Å². The number of hydrogen-bond donors (Lipinski definition) is 0. The predicted molar refractivity (Wildman–Crippen MR) is 32.0 cm³/mol. The number of hydrogen-bond acceptors (Lipinski definition) is 0. The number of rotatable bonds is 2. The second-order valence-electron chi connectivity index (χ2n) is 1.33. The maximum absolute atomic E-state index is 3.66. The molecule has 0 amide bonds. The van der Waals surface area contributed by atoms with Gasteiger partial charge in [0.1, 0.15) is 0 Å². The fraction of sp³-hybridized carbons (Fsp3) is 0.200. The summed E-state index contributed by atoms with van der Waals surface area (Å²) in [6.07, 6.45) is 0. The van der Waals surface area contributed by atoms with E-state index >= 15 is 0 Å². The molecule has 0 radical (unpaired) electrons. The Morgan fingerprint density at radius 3 is 1.67 bits per heavy atom. The van der Waals surface area contributed by atoms with E-state index in [1.165, 1.54) is 0 Å². The molecule has 0 aliphatic heterocycles. The standard InChI is InChI=1S/2C2H3.CH3.Tl/c2*1-2;;/h2*1H,2H2;1H3;. The predicted octanol–water partition coefficient (Wildman–Crippen LogP) is 1.56. The van der Waals surface area contributed by atoms with Gasteiger partial charge < -0.3 is 0 Å². The van der Waals surface area contributed by atoms with Gasteiger partial charge in [0.2, 0.25) is 0 Å². The first-order valence-electron chi connectivity index (χ1n) is 2.06.